The van der Waals surface area contributed by atoms with Crippen LogP contribution in [0.25, 0.3) is 0 Å². The highest BCUT2D eigenvalue weighted by molar-refractivity contribution is 6.00. The molecule has 252 valence electrons. The number of hydrazine groups is 1. The molecule has 1 amide bonds. The van der Waals surface area contributed by atoms with Gasteiger partial charge in [-0.2, -0.15) is 0 Å². The van der Waals surface area contributed by atoms with E-state index < -0.39 is 83.4 Å². The van der Waals surface area contributed by atoms with Gasteiger partial charge in [-0.1, -0.05) is 27.7 Å². The first kappa shape index (κ1) is 36.3. The number of amides is 1. The molecule has 0 aliphatic carbocycles. The molecule has 3 aliphatic rings. The number of aliphatic hydroxyl groups excluding tert-OH is 1. The lowest BCUT2D eigenvalue weighted by Crippen LogP contribution is -2.60. The summed E-state index contributed by atoms with van der Waals surface area (Å²) in [6, 6.07) is -1.22. The molecule has 0 unspecified atom stereocenters. The van der Waals surface area contributed by atoms with Crippen LogP contribution in [0.4, 0.5) is 4.79 Å². The van der Waals surface area contributed by atoms with E-state index in [9.17, 15) is 24.3 Å². The van der Waals surface area contributed by atoms with Gasteiger partial charge in [0.05, 0.1) is 17.8 Å². The maximum Gasteiger partial charge on any atom is 0.425 e. The van der Waals surface area contributed by atoms with E-state index in [0.717, 1.165) is 5.01 Å². The zero-order valence-electron chi connectivity index (χ0n) is 28.1. The lowest BCUT2D eigenvalue weighted by Gasteiger charge is -2.47. The normalized spacial score (nSPS) is 44.7. The first-order valence-electron chi connectivity index (χ1n) is 15.6. The van der Waals surface area contributed by atoms with Crippen LogP contribution in [0.15, 0.2) is 0 Å². The fourth-order valence-corrected chi connectivity index (χ4v) is 7.41. The monoisotopic (exact) mass is 627 g/mol. The van der Waals surface area contributed by atoms with E-state index in [2.05, 4.69) is 0 Å². The summed E-state index contributed by atoms with van der Waals surface area (Å²) in [5, 5.41) is 12.1. The van der Waals surface area contributed by atoms with Gasteiger partial charge in [-0.15, -0.1) is 0 Å². The number of cyclic esters (lactones) is 1. The van der Waals surface area contributed by atoms with Crippen LogP contribution in [0, 0.1) is 23.7 Å². The molecular weight excluding hydrogens is 574 g/mol. The first-order chi connectivity index (χ1) is 20.3. The third-order valence-corrected chi connectivity index (χ3v) is 10.1. The molecule has 0 aromatic rings. The lowest BCUT2D eigenvalue weighted by molar-refractivity contribution is -0.295. The summed E-state index contributed by atoms with van der Waals surface area (Å²) in [5.74, 6) is 1.03. The van der Waals surface area contributed by atoms with Gasteiger partial charge in [-0.25, -0.2) is 15.6 Å². The van der Waals surface area contributed by atoms with E-state index in [1.807, 2.05) is 25.9 Å². The van der Waals surface area contributed by atoms with Gasteiger partial charge in [0, 0.05) is 30.9 Å². The molecule has 0 aromatic heterocycles. The average molecular weight is 628 g/mol. The Morgan fingerprint density at radius 1 is 1.05 bits per heavy atom. The molecule has 13 nitrogen and oxygen atoms in total. The molecule has 3 heterocycles. The van der Waals surface area contributed by atoms with Gasteiger partial charge in [-0.05, 0) is 61.1 Å². The summed E-state index contributed by atoms with van der Waals surface area (Å²) in [6.07, 6.45) is -4.33. The van der Waals surface area contributed by atoms with Crippen molar-refractivity contribution in [3.8, 4) is 0 Å². The summed E-state index contributed by atoms with van der Waals surface area (Å²) >= 11 is 0. The SMILES string of the molecule is CC[C@H]1OC(=O)[C@H](C)C(=O)[C@H](C)[C@@H](O[C@@H]2O[C@H](C)C[C@H](N(C)C)[C@H]2O)[C@](C)(OC)C[C@@H](C)C(=O)[C@@H](C)[C@H]2N(N)C(=O)O[C@]12C. The van der Waals surface area contributed by atoms with Crippen molar-refractivity contribution in [1.29, 1.82) is 0 Å². The van der Waals surface area contributed by atoms with Crippen LogP contribution in [-0.4, -0.2) is 114 Å². The van der Waals surface area contributed by atoms with Crippen molar-refractivity contribution in [3.63, 3.8) is 0 Å². The van der Waals surface area contributed by atoms with Crippen molar-refractivity contribution in [2.45, 2.75) is 129 Å². The van der Waals surface area contributed by atoms with Gasteiger partial charge in [0.25, 0.3) is 0 Å². The number of ether oxygens (including phenoxy) is 5. The van der Waals surface area contributed by atoms with Crippen LogP contribution in [0.3, 0.4) is 0 Å². The van der Waals surface area contributed by atoms with Crippen LogP contribution < -0.4 is 5.84 Å². The molecule has 0 radical (unpaired) electrons. The summed E-state index contributed by atoms with van der Waals surface area (Å²) in [5.41, 5.74) is -2.71. The molecule has 0 aromatic carbocycles. The van der Waals surface area contributed by atoms with Crippen LogP contribution in [0.1, 0.15) is 74.7 Å². The Labute approximate surface area is 261 Å². The third kappa shape index (κ3) is 6.68. The molecule has 0 bridgehead atoms. The predicted molar refractivity (Wildman–Crippen MR) is 159 cm³/mol. The van der Waals surface area contributed by atoms with Crippen molar-refractivity contribution < 1.29 is 48.0 Å². The maximum atomic E-state index is 14.0. The Bertz CT molecular complexity index is 1090. The van der Waals surface area contributed by atoms with Crippen LogP contribution >= 0.6 is 0 Å². The first-order valence-corrected chi connectivity index (χ1v) is 15.6. The van der Waals surface area contributed by atoms with E-state index in [1.165, 1.54) is 14.0 Å². The minimum Gasteiger partial charge on any atom is -0.458 e. The number of hydrogen-bond donors (Lipinski definition) is 2. The number of fused-ring (bicyclic) bond motifs is 1. The second-order valence-corrected chi connectivity index (χ2v) is 13.6. The Morgan fingerprint density at radius 3 is 2.20 bits per heavy atom. The van der Waals surface area contributed by atoms with Crippen LogP contribution in [0.5, 0.6) is 0 Å². The smallest absolute Gasteiger partial charge is 0.425 e. The van der Waals surface area contributed by atoms with Gasteiger partial charge in [0.15, 0.2) is 17.7 Å². The molecule has 13 heteroatoms. The summed E-state index contributed by atoms with van der Waals surface area (Å²) in [4.78, 5) is 56.1. The van der Waals surface area contributed by atoms with Crippen molar-refractivity contribution >= 4 is 23.6 Å². The Morgan fingerprint density at radius 2 is 1.66 bits per heavy atom. The Balaban J connectivity index is 2.11. The van der Waals surface area contributed by atoms with E-state index in [0.29, 0.717) is 6.42 Å². The molecule has 44 heavy (non-hydrogen) atoms. The van der Waals surface area contributed by atoms with Gasteiger partial charge < -0.3 is 33.7 Å². The number of rotatable bonds is 5. The number of carbonyl (C=O) groups excluding carboxylic acids is 4. The molecule has 13 atom stereocenters. The molecule has 3 N–H and O–H groups in total. The summed E-state index contributed by atoms with van der Waals surface area (Å²) in [7, 11) is 5.18. The third-order valence-electron chi connectivity index (χ3n) is 10.1. The van der Waals surface area contributed by atoms with Gasteiger partial charge in [0.2, 0.25) is 0 Å². The van der Waals surface area contributed by atoms with Crippen LogP contribution in [-0.2, 0) is 38.1 Å². The number of nitrogens with two attached hydrogens (primary N) is 1. The minimum atomic E-state index is -1.45. The molecule has 3 aliphatic heterocycles. The summed E-state index contributed by atoms with van der Waals surface area (Å²) < 4.78 is 30.1. The van der Waals surface area contributed by atoms with E-state index in [-0.39, 0.29) is 30.8 Å². The van der Waals surface area contributed by atoms with Gasteiger partial charge in [0.1, 0.15) is 30.0 Å². The van der Waals surface area contributed by atoms with E-state index >= 15 is 0 Å². The van der Waals surface area contributed by atoms with Crippen LogP contribution in [0.2, 0.25) is 0 Å². The number of ketones is 2. The Kier molecular flexibility index (Phi) is 11.3. The topological polar surface area (TPSA) is 167 Å². The quantitative estimate of drug-likeness (QED) is 0.197. The molecule has 3 fully saturated rings. The molecule has 3 saturated heterocycles. The van der Waals surface area contributed by atoms with Crippen molar-refractivity contribution in [1.82, 2.24) is 9.91 Å². The number of methoxy groups -OCH3 is 1. The predicted octanol–water partition coefficient (Wildman–Crippen LogP) is 2.06. The standard InChI is InChI=1S/C31H53N3O10/c1-12-21-31(8)25(34(32)29(39)44-31)17(4)22(35)15(2)14-30(7,40-11)26(18(5)23(36)19(6)27(38)42-21)43-28-24(37)20(33(9)10)13-16(3)41-28/h15-21,24-26,28,37H,12-14,32H2,1-11H3/t15-,16-,17-,18+,19-,20+,21-,24-,25-,26-,28+,30-,31-/m1/s1. The number of Topliss-reactive ketones (excluding diaryl/α,β-unsaturated/α-hetero) is 2. The van der Waals surface area contributed by atoms with Crippen molar-refractivity contribution in [3.05, 3.63) is 0 Å². The van der Waals surface area contributed by atoms with Gasteiger partial charge in [-0.3, -0.25) is 14.4 Å². The number of nitrogens with zero attached hydrogens (tertiary/aromatic N) is 2. The zero-order chi connectivity index (χ0) is 33.5. The summed E-state index contributed by atoms with van der Waals surface area (Å²) in [6.45, 7) is 13.5. The number of hydrogen-bond acceptors (Lipinski definition) is 12. The van der Waals surface area contributed by atoms with Crippen molar-refractivity contribution in [2.75, 3.05) is 21.2 Å². The maximum absolute atomic E-state index is 14.0. The van der Waals surface area contributed by atoms with E-state index in [4.69, 9.17) is 29.5 Å². The van der Waals surface area contributed by atoms with E-state index in [1.54, 1.807) is 41.5 Å². The lowest BCUT2D eigenvalue weighted by atomic mass is 9.73. The fraction of sp³-hybridized carbons (Fsp3) is 0.871. The second-order valence-electron chi connectivity index (χ2n) is 13.6. The minimum absolute atomic E-state index is 0.114. The number of esters is 1. The number of likely N-dealkylation sites (N-methyl/N-ethyl adjacent to an activating group) is 1. The largest absolute Gasteiger partial charge is 0.458 e. The second kappa shape index (κ2) is 13.7. The average Bonchev–Trinajstić information content (AvgIpc) is 3.20. The molecule has 0 spiro atoms. The number of carbonyl (C=O) groups is 4. The molecular formula is C31H53N3O10. The van der Waals surface area contributed by atoms with Crippen molar-refractivity contribution in [2.24, 2.45) is 29.5 Å². The van der Waals surface area contributed by atoms with Gasteiger partial charge >= 0.3 is 12.1 Å². The molecule has 3 rings (SSSR count). The highest BCUT2D eigenvalue weighted by Gasteiger charge is 2.60. The molecule has 0 saturated carbocycles. The number of aliphatic hydroxyl groups is 1. The fourth-order valence-electron chi connectivity index (χ4n) is 7.41. The Hall–Kier alpha value is -2.16. The highest BCUT2D eigenvalue weighted by Crippen LogP contribution is 2.42. The zero-order valence-corrected chi connectivity index (χ0v) is 28.1. The highest BCUT2D eigenvalue weighted by atomic mass is 16.7.